The first-order valence-corrected chi connectivity index (χ1v) is 6.74. The maximum absolute atomic E-state index is 13.7. The molecule has 0 atom stereocenters. The molecule has 2 aromatic heterocycles. The molecule has 0 aliphatic rings. The van der Waals surface area contributed by atoms with Gasteiger partial charge >= 0.3 is 0 Å². The Kier molecular flexibility index (Phi) is 3.15. The normalized spacial score (nSPS) is 10.8. The number of carbonyl (C=O) groups is 1. The van der Waals surface area contributed by atoms with E-state index in [4.69, 9.17) is 10.2 Å². The highest BCUT2D eigenvalue weighted by molar-refractivity contribution is 7.21. The van der Waals surface area contributed by atoms with E-state index < -0.39 is 5.82 Å². The number of hydrogen-bond donors (Lipinski definition) is 2. The van der Waals surface area contributed by atoms with Gasteiger partial charge in [0.15, 0.2) is 0 Å². The van der Waals surface area contributed by atoms with E-state index in [1.54, 1.807) is 24.5 Å². The van der Waals surface area contributed by atoms with Gasteiger partial charge in [0.1, 0.15) is 10.7 Å². The summed E-state index contributed by atoms with van der Waals surface area (Å²) < 4.78 is 19.3. The van der Waals surface area contributed by atoms with Gasteiger partial charge in [0.25, 0.3) is 5.91 Å². The number of furan rings is 1. The molecule has 0 saturated heterocycles. The van der Waals surface area contributed by atoms with Crippen molar-refractivity contribution in [1.82, 2.24) is 5.32 Å². The first-order chi connectivity index (χ1) is 9.66. The number of nitrogen functional groups attached to an aromatic ring is 1. The Morgan fingerprint density at radius 2 is 2.25 bits per heavy atom. The van der Waals surface area contributed by atoms with Crippen LogP contribution in [0.3, 0.4) is 0 Å². The minimum Gasteiger partial charge on any atom is -0.472 e. The summed E-state index contributed by atoms with van der Waals surface area (Å²) in [5.74, 6) is -0.727. The topological polar surface area (TPSA) is 68.3 Å². The summed E-state index contributed by atoms with van der Waals surface area (Å²) in [6, 6.07) is 6.43. The number of thiophene rings is 1. The van der Waals surface area contributed by atoms with Gasteiger partial charge in [-0.15, -0.1) is 11.3 Å². The summed E-state index contributed by atoms with van der Waals surface area (Å²) >= 11 is 1.18. The molecule has 1 aromatic carbocycles. The highest BCUT2D eigenvalue weighted by Crippen LogP contribution is 2.35. The van der Waals surface area contributed by atoms with Gasteiger partial charge in [-0.25, -0.2) is 4.39 Å². The van der Waals surface area contributed by atoms with Crippen molar-refractivity contribution in [2.45, 2.75) is 6.54 Å². The van der Waals surface area contributed by atoms with E-state index in [0.717, 1.165) is 5.56 Å². The van der Waals surface area contributed by atoms with Gasteiger partial charge in [-0.3, -0.25) is 4.79 Å². The maximum atomic E-state index is 13.7. The van der Waals surface area contributed by atoms with Crippen LogP contribution in [0.2, 0.25) is 0 Å². The molecule has 4 nitrogen and oxygen atoms in total. The second kappa shape index (κ2) is 4.97. The van der Waals surface area contributed by atoms with Crippen molar-refractivity contribution in [3.8, 4) is 0 Å². The number of hydrogen-bond acceptors (Lipinski definition) is 4. The average Bonchev–Trinajstić information content (AvgIpc) is 3.05. The molecule has 0 spiro atoms. The Balaban J connectivity index is 1.88. The number of benzene rings is 1. The lowest BCUT2D eigenvalue weighted by molar-refractivity contribution is 0.0956. The largest absolute Gasteiger partial charge is 0.472 e. The van der Waals surface area contributed by atoms with Gasteiger partial charge in [0.05, 0.1) is 23.6 Å². The summed E-state index contributed by atoms with van der Waals surface area (Å²) in [7, 11) is 0. The number of halogens is 1. The van der Waals surface area contributed by atoms with E-state index in [1.165, 1.54) is 23.7 Å². The number of carbonyl (C=O) groups excluding carboxylic acids is 1. The van der Waals surface area contributed by atoms with Crippen LogP contribution in [-0.4, -0.2) is 5.91 Å². The molecule has 0 aliphatic heterocycles. The first-order valence-electron chi connectivity index (χ1n) is 5.92. The molecule has 1 amide bonds. The van der Waals surface area contributed by atoms with Crippen LogP contribution in [0.15, 0.2) is 41.2 Å². The highest BCUT2D eigenvalue weighted by atomic mass is 32.1. The number of rotatable bonds is 3. The van der Waals surface area contributed by atoms with Crippen molar-refractivity contribution >= 4 is 33.0 Å². The molecule has 0 radical (unpaired) electrons. The van der Waals surface area contributed by atoms with Gasteiger partial charge in [-0.05, 0) is 18.2 Å². The number of amides is 1. The predicted molar refractivity (Wildman–Crippen MR) is 76.1 cm³/mol. The minimum atomic E-state index is -0.412. The zero-order chi connectivity index (χ0) is 14.1. The fourth-order valence-corrected chi connectivity index (χ4v) is 3.01. The van der Waals surface area contributed by atoms with Crippen LogP contribution in [0.25, 0.3) is 10.1 Å². The van der Waals surface area contributed by atoms with Gasteiger partial charge in [-0.2, -0.15) is 0 Å². The first kappa shape index (κ1) is 12.7. The van der Waals surface area contributed by atoms with Crippen molar-refractivity contribution < 1.29 is 13.6 Å². The van der Waals surface area contributed by atoms with Crippen molar-refractivity contribution in [2.24, 2.45) is 0 Å². The third-order valence-corrected chi connectivity index (χ3v) is 4.11. The number of nitrogens with two attached hydrogens (primary N) is 1. The Morgan fingerprint density at radius 3 is 2.95 bits per heavy atom. The average molecular weight is 290 g/mol. The van der Waals surface area contributed by atoms with Crippen LogP contribution in [0.1, 0.15) is 15.2 Å². The third kappa shape index (κ3) is 2.14. The van der Waals surface area contributed by atoms with Crippen LogP contribution in [0, 0.1) is 5.82 Å². The summed E-state index contributed by atoms with van der Waals surface area (Å²) in [5, 5.41) is 3.04. The molecule has 6 heteroatoms. The molecular formula is C14H11FN2O2S. The van der Waals surface area contributed by atoms with Crippen LogP contribution in [0.4, 0.5) is 10.1 Å². The fraction of sp³-hybridized carbons (Fsp3) is 0.0714. The number of fused-ring (bicyclic) bond motifs is 1. The lowest BCUT2D eigenvalue weighted by Gasteiger charge is -2.02. The van der Waals surface area contributed by atoms with Gasteiger partial charge in [0.2, 0.25) is 0 Å². The molecule has 3 aromatic rings. The molecule has 0 fully saturated rings. The fourth-order valence-electron chi connectivity index (χ4n) is 1.95. The van der Waals surface area contributed by atoms with Crippen LogP contribution in [-0.2, 0) is 6.54 Å². The van der Waals surface area contributed by atoms with Crippen molar-refractivity contribution in [3.63, 3.8) is 0 Å². The lowest BCUT2D eigenvalue weighted by Crippen LogP contribution is -2.22. The summed E-state index contributed by atoms with van der Waals surface area (Å²) in [6.45, 7) is 0.339. The molecule has 20 heavy (non-hydrogen) atoms. The smallest absolute Gasteiger partial charge is 0.263 e. The third-order valence-electron chi connectivity index (χ3n) is 2.94. The Hall–Kier alpha value is -2.34. The molecule has 3 rings (SSSR count). The van der Waals surface area contributed by atoms with E-state index in [-0.39, 0.29) is 11.6 Å². The maximum Gasteiger partial charge on any atom is 0.263 e. The van der Waals surface area contributed by atoms with E-state index in [0.29, 0.717) is 21.5 Å². The molecule has 0 unspecified atom stereocenters. The molecule has 0 aliphatic carbocycles. The zero-order valence-electron chi connectivity index (χ0n) is 10.4. The van der Waals surface area contributed by atoms with Crippen molar-refractivity contribution in [3.05, 3.63) is 53.0 Å². The molecule has 0 saturated carbocycles. The van der Waals surface area contributed by atoms with E-state index in [1.807, 2.05) is 0 Å². The van der Waals surface area contributed by atoms with Gasteiger partial charge < -0.3 is 15.5 Å². The second-order valence-electron chi connectivity index (χ2n) is 4.27. The lowest BCUT2D eigenvalue weighted by atomic mass is 10.2. The van der Waals surface area contributed by atoms with Crippen molar-refractivity contribution in [2.75, 3.05) is 5.73 Å². The monoisotopic (exact) mass is 290 g/mol. The standard InChI is InChI=1S/C14H11FN2O2S/c15-9-2-1-3-10-11(9)12(16)13(20-10)14(18)17-6-8-4-5-19-7-8/h1-5,7H,6,16H2,(H,17,18). The van der Waals surface area contributed by atoms with Crippen LogP contribution >= 0.6 is 11.3 Å². The molecular weight excluding hydrogens is 279 g/mol. The summed E-state index contributed by atoms with van der Waals surface area (Å²) in [5.41, 5.74) is 6.92. The molecule has 2 heterocycles. The van der Waals surface area contributed by atoms with Crippen LogP contribution in [0.5, 0.6) is 0 Å². The van der Waals surface area contributed by atoms with E-state index in [9.17, 15) is 9.18 Å². The van der Waals surface area contributed by atoms with E-state index >= 15 is 0 Å². The summed E-state index contributed by atoms with van der Waals surface area (Å²) in [4.78, 5) is 12.4. The predicted octanol–water partition coefficient (Wildman–Crippen LogP) is 3.15. The molecule has 3 N–H and O–H groups in total. The highest BCUT2D eigenvalue weighted by Gasteiger charge is 2.18. The second-order valence-corrected chi connectivity index (χ2v) is 5.32. The Labute approximate surface area is 118 Å². The van der Waals surface area contributed by atoms with E-state index in [2.05, 4.69) is 5.32 Å². The SMILES string of the molecule is Nc1c(C(=O)NCc2ccoc2)sc2cccc(F)c12. The Bertz CT molecular complexity index is 765. The quantitative estimate of drug-likeness (QED) is 0.778. The molecule has 0 bridgehead atoms. The van der Waals surface area contributed by atoms with Gasteiger partial charge in [-0.1, -0.05) is 6.07 Å². The number of nitrogens with one attached hydrogen (secondary N) is 1. The van der Waals surface area contributed by atoms with Crippen LogP contribution < -0.4 is 11.1 Å². The Morgan fingerprint density at radius 1 is 1.40 bits per heavy atom. The van der Waals surface area contributed by atoms with Gasteiger partial charge in [0, 0.05) is 16.8 Å². The zero-order valence-corrected chi connectivity index (χ0v) is 11.2. The number of anilines is 1. The van der Waals surface area contributed by atoms with Crippen molar-refractivity contribution in [1.29, 1.82) is 0 Å². The summed E-state index contributed by atoms with van der Waals surface area (Å²) in [6.07, 6.45) is 3.08. The minimum absolute atomic E-state index is 0.188. The molecule has 102 valence electrons.